The van der Waals surface area contributed by atoms with E-state index >= 15 is 0 Å². The van der Waals surface area contributed by atoms with Crippen LogP contribution in [-0.2, 0) is 9.53 Å². The van der Waals surface area contributed by atoms with Gasteiger partial charge in [-0.15, -0.1) is 0 Å². The quantitative estimate of drug-likeness (QED) is 0.719. The monoisotopic (exact) mass is 443 g/mol. The molecule has 0 N–H and O–H groups in total. The van der Waals surface area contributed by atoms with Gasteiger partial charge in [0.2, 0.25) is 5.91 Å². The van der Waals surface area contributed by atoms with E-state index in [1.165, 1.54) is 6.07 Å². The Morgan fingerprint density at radius 3 is 2.28 bits per heavy atom. The molecule has 0 radical (unpaired) electrons. The van der Waals surface area contributed by atoms with Gasteiger partial charge in [0.15, 0.2) is 0 Å². The van der Waals surface area contributed by atoms with Crippen LogP contribution in [0.25, 0.3) is 5.69 Å². The Balaban J connectivity index is 1.37. The Bertz CT molecular complexity index is 994. The standard InChI is InChI=1S/C23H30FN5O3/c1-16-14-17(2)29(25-16)21-5-4-19(15-20(21)24)23(31)27-8-6-26(7-9-27)18(3)22(30)28-10-12-32-13-11-28/h4-5,14-15,18H,6-13H2,1-3H3. The number of carbonyl (C=O) groups is 2. The van der Waals surface area contributed by atoms with Crippen LogP contribution in [0.2, 0.25) is 0 Å². The second-order valence-electron chi connectivity index (χ2n) is 8.45. The zero-order valence-corrected chi connectivity index (χ0v) is 18.9. The summed E-state index contributed by atoms with van der Waals surface area (Å²) in [5, 5.41) is 4.32. The lowest BCUT2D eigenvalue weighted by Crippen LogP contribution is -2.56. The van der Waals surface area contributed by atoms with Crippen molar-refractivity contribution in [3.8, 4) is 5.69 Å². The fraction of sp³-hybridized carbons (Fsp3) is 0.522. The summed E-state index contributed by atoms with van der Waals surface area (Å²) in [6, 6.07) is 6.17. The fourth-order valence-corrected chi connectivity index (χ4v) is 4.38. The smallest absolute Gasteiger partial charge is 0.254 e. The summed E-state index contributed by atoms with van der Waals surface area (Å²) in [6.07, 6.45) is 0. The maximum absolute atomic E-state index is 14.8. The van der Waals surface area contributed by atoms with E-state index in [1.807, 2.05) is 31.7 Å². The second-order valence-corrected chi connectivity index (χ2v) is 8.45. The number of hydrogen-bond acceptors (Lipinski definition) is 5. The lowest BCUT2D eigenvalue weighted by atomic mass is 10.1. The normalized spacial score (nSPS) is 18.6. The average Bonchev–Trinajstić information content (AvgIpc) is 3.15. The lowest BCUT2D eigenvalue weighted by Gasteiger charge is -2.39. The number of amides is 2. The Labute approximate surface area is 187 Å². The van der Waals surface area contributed by atoms with Gasteiger partial charge in [-0.1, -0.05) is 0 Å². The Morgan fingerprint density at radius 2 is 1.69 bits per heavy atom. The van der Waals surface area contributed by atoms with Gasteiger partial charge in [0.1, 0.15) is 11.5 Å². The van der Waals surface area contributed by atoms with Crippen LogP contribution in [-0.4, -0.2) is 94.8 Å². The van der Waals surface area contributed by atoms with E-state index in [4.69, 9.17) is 4.74 Å². The summed E-state index contributed by atoms with van der Waals surface area (Å²) in [6.45, 7) is 10.3. The molecule has 9 heteroatoms. The van der Waals surface area contributed by atoms with Gasteiger partial charge in [-0.25, -0.2) is 9.07 Å². The Morgan fingerprint density at radius 1 is 1.00 bits per heavy atom. The van der Waals surface area contributed by atoms with Crippen LogP contribution in [0.4, 0.5) is 4.39 Å². The number of aromatic nitrogens is 2. The molecule has 32 heavy (non-hydrogen) atoms. The SMILES string of the molecule is Cc1cc(C)n(-c2ccc(C(=O)N3CCN(C(C)C(=O)N4CCOCC4)CC3)cc2F)n1. The van der Waals surface area contributed by atoms with Gasteiger partial charge < -0.3 is 14.5 Å². The molecule has 2 aliphatic heterocycles. The third-order valence-corrected chi connectivity index (χ3v) is 6.26. The Kier molecular flexibility index (Phi) is 6.57. The summed E-state index contributed by atoms with van der Waals surface area (Å²) in [4.78, 5) is 31.4. The molecule has 2 saturated heterocycles. The van der Waals surface area contributed by atoms with Crippen molar-refractivity contribution in [3.05, 3.63) is 47.0 Å². The van der Waals surface area contributed by atoms with E-state index in [9.17, 15) is 14.0 Å². The first-order valence-electron chi connectivity index (χ1n) is 11.1. The van der Waals surface area contributed by atoms with Gasteiger partial charge in [0, 0.05) is 50.5 Å². The van der Waals surface area contributed by atoms with Gasteiger partial charge in [-0.3, -0.25) is 14.5 Å². The fourth-order valence-electron chi connectivity index (χ4n) is 4.38. The highest BCUT2D eigenvalue weighted by Gasteiger charge is 2.31. The molecule has 1 aromatic carbocycles. The van der Waals surface area contributed by atoms with E-state index in [2.05, 4.69) is 10.00 Å². The molecule has 3 heterocycles. The molecule has 2 aromatic rings. The predicted molar refractivity (Wildman–Crippen MR) is 117 cm³/mol. The van der Waals surface area contributed by atoms with E-state index in [0.717, 1.165) is 11.4 Å². The van der Waals surface area contributed by atoms with E-state index < -0.39 is 5.82 Å². The molecule has 172 valence electrons. The van der Waals surface area contributed by atoms with Gasteiger partial charge in [-0.2, -0.15) is 5.10 Å². The number of ether oxygens (including phenoxy) is 1. The topological polar surface area (TPSA) is 70.9 Å². The van der Waals surface area contributed by atoms with Crippen molar-refractivity contribution in [2.24, 2.45) is 0 Å². The second kappa shape index (κ2) is 9.38. The van der Waals surface area contributed by atoms with Crippen LogP contribution in [0.3, 0.4) is 0 Å². The highest BCUT2D eigenvalue weighted by Crippen LogP contribution is 2.19. The third-order valence-electron chi connectivity index (χ3n) is 6.26. The van der Waals surface area contributed by atoms with Crippen molar-refractivity contribution < 1.29 is 18.7 Å². The van der Waals surface area contributed by atoms with Crippen molar-refractivity contribution in [1.29, 1.82) is 0 Å². The number of aryl methyl sites for hydroxylation is 2. The van der Waals surface area contributed by atoms with E-state index in [0.29, 0.717) is 63.7 Å². The maximum atomic E-state index is 14.8. The van der Waals surface area contributed by atoms with Crippen molar-refractivity contribution in [2.45, 2.75) is 26.8 Å². The van der Waals surface area contributed by atoms with Crippen LogP contribution < -0.4 is 0 Å². The first-order chi connectivity index (χ1) is 15.3. The first kappa shape index (κ1) is 22.4. The number of halogens is 1. The molecular weight excluding hydrogens is 413 g/mol. The highest BCUT2D eigenvalue weighted by atomic mass is 19.1. The van der Waals surface area contributed by atoms with Crippen LogP contribution >= 0.6 is 0 Å². The van der Waals surface area contributed by atoms with Gasteiger partial charge >= 0.3 is 0 Å². The zero-order valence-electron chi connectivity index (χ0n) is 18.9. The minimum absolute atomic E-state index is 0.106. The van der Waals surface area contributed by atoms with Crippen LogP contribution in [0.15, 0.2) is 24.3 Å². The molecule has 0 saturated carbocycles. The maximum Gasteiger partial charge on any atom is 0.254 e. The zero-order chi connectivity index (χ0) is 22.8. The van der Waals surface area contributed by atoms with Crippen LogP contribution in [0.5, 0.6) is 0 Å². The number of rotatable bonds is 4. The summed E-state index contributed by atoms with van der Waals surface area (Å²) < 4.78 is 21.7. The molecular formula is C23H30FN5O3. The van der Waals surface area contributed by atoms with Gasteiger partial charge in [0.25, 0.3) is 5.91 Å². The van der Waals surface area contributed by atoms with E-state index in [-0.39, 0.29) is 17.9 Å². The molecule has 0 aliphatic carbocycles. The molecule has 4 rings (SSSR count). The summed E-state index contributed by atoms with van der Waals surface area (Å²) >= 11 is 0. The largest absolute Gasteiger partial charge is 0.378 e. The molecule has 0 spiro atoms. The number of nitrogens with zero attached hydrogens (tertiary/aromatic N) is 5. The molecule has 2 aliphatic rings. The summed E-state index contributed by atoms with van der Waals surface area (Å²) in [7, 11) is 0. The number of carbonyl (C=O) groups excluding carboxylic acids is 2. The molecule has 1 unspecified atom stereocenters. The predicted octanol–water partition coefficient (Wildman–Crippen LogP) is 1.63. The molecule has 1 atom stereocenters. The average molecular weight is 444 g/mol. The first-order valence-corrected chi connectivity index (χ1v) is 11.1. The van der Waals surface area contributed by atoms with Gasteiger partial charge in [-0.05, 0) is 45.0 Å². The van der Waals surface area contributed by atoms with Crippen LogP contribution in [0, 0.1) is 19.7 Å². The minimum atomic E-state index is -0.481. The number of morpholine rings is 1. The van der Waals surface area contributed by atoms with Crippen molar-refractivity contribution >= 4 is 11.8 Å². The number of benzene rings is 1. The molecule has 0 bridgehead atoms. The number of piperazine rings is 1. The van der Waals surface area contributed by atoms with Crippen molar-refractivity contribution in [3.63, 3.8) is 0 Å². The highest BCUT2D eigenvalue weighted by molar-refractivity contribution is 5.94. The summed E-state index contributed by atoms with van der Waals surface area (Å²) in [5.41, 5.74) is 2.28. The van der Waals surface area contributed by atoms with Crippen LogP contribution in [0.1, 0.15) is 28.7 Å². The number of hydrogen-bond donors (Lipinski definition) is 0. The Hall–Kier alpha value is -2.78. The van der Waals surface area contributed by atoms with Crippen molar-refractivity contribution in [2.75, 3.05) is 52.5 Å². The molecule has 2 fully saturated rings. The molecule has 2 amide bonds. The molecule has 1 aromatic heterocycles. The van der Waals surface area contributed by atoms with Crippen molar-refractivity contribution in [1.82, 2.24) is 24.5 Å². The summed E-state index contributed by atoms with van der Waals surface area (Å²) in [5.74, 6) is -0.573. The third kappa shape index (κ3) is 4.54. The molecule has 8 nitrogen and oxygen atoms in total. The lowest BCUT2D eigenvalue weighted by molar-refractivity contribution is -0.141. The van der Waals surface area contributed by atoms with E-state index in [1.54, 1.807) is 21.7 Å². The minimum Gasteiger partial charge on any atom is -0.378 e. The van der Waals surface area contributed by atoms with Gasteiger partial charge in [0.05, 0.1) is 24.9 Å².